The molecule has 6 rings (SSSR count). The van der Waals surface area contributed by atoms with Crippen LogP contribution in [0, 0.1) is 0 Å². The summed E-state index contributed by atoms with van der Waals surface area (Å²) in [6.07, 6.45) is -0.765. The molecular weight excluding hydrogens is 559 g/mol. The summed E-state index contributed by atoms with van der Waals surface area (Å²) in [5.41, 5.74) is 5.76. The highest BCUT2D eigenvalue weighted by molar-refractivity contribution is 6.02. The van der Waals surface area contributed by atoms with Crippen molar-refractivity contribution >= 4 is 23.1 Å². The van der Waals surface area contributed by atoms with Crippen molar-refractivity contribution in [3.05, 3.63) is 95.6 Å². The van der Waals surface area contributed by atoms with Crippen LogP contribution in [0.4, 0.5) is 18.9 Å². The van der Waals surface area contributed by atoms with E-state index in [9.17, 15) is 18.3 Å². The number of hydrogen-bond acceptors (Lipinski definition) is 6. The van der Waals surface area contributed by atoms with Crippen LogP contribution in [0.3, 0.4) is 0 Å². The highest BCUT2D eigenvalue weighted by Crippen LogP contribution is 2.54. The molecule has 220 valence electrons. The molecule has 0 saturated carbocycles. The lowest BCUT2D eigenvalue weighted by molar-refractivity contribution is -0.274. The summed E-state index contributed by atoms with van der Waals surface area (Å²) in [6.45, 7) is 6.25. The first-order valence-corrected chi connectivity index (χ1v) is 13.5. The van der Waals surface area contributed by atoms with E-state index in [1.807, 2.05) is 24.3 Å². The second kappa shape index (κ2) is 10.3. The third-order valence-electron chi connectivity index (χ3n) is 7.10. The first-order valence-electron chi connectivity index (χ1n) is 13.5. The molecule has 9 heteroatoms. The quantitative estimate of drug-likeness (QED) is 0.243. The van der Waals surface area contributed by atoms with Gasteiger partial charge in [-0.3, -0.25) is 0 Å². The van der Waals surface area contributed by atoms with Gasteiger partial charge in [-0.1, -0.05) is 30.3 Å². The number of phenols is 1. The van der Waals surface area contributed by atoms with E-state index in [-0.39, 0.29) is 22.8 Å². The van der Waals surface area contributed by atoms with Crippen LogP contribution in [0.1, 0.15) is 37.5 Å². The van der Waals surface area contributed by atoms with Crippen molar-refractivity contribution in [1.82, 2.24) is 0 Å². The zero-order valence-electron chi connectivity index (χ0n) is 23.8. The Morgan fingerprint density at radius 3 is 2.35 bits per heavy atom. The summed E-state index contributed by atoms with van der Waals surface area (Å²) >= 11 is 0. The van der Waals surface area contributed by atoms with Crippen LogP contribution in [-0.4, -0.2) is 24.1 Å². The molecule has 0 unspecified atom stereocenters. The predicted octanol–water partition coefficient (Wildman–Crippen LogP) is 9.26. The number of allylic oxidation sites excluding steroid dienone is 1. The van der Waals surface area contributed by atoms with Gasteiger partial charge in [0.1, 0.15) is 28.8 Å². The van der Waals surface area contributed by atoms with Crippen LogP contribution in [0.25, 0.3) is 28.5 Å². The minimum absolute atomic E-state index is 0.00188. The molecule has 0 bridgehead atoms. The van der Waals surface area contributed by atoms with Gasteiger partial charge in [-0.2, -0.15) is 0 Å². The Bertz CT molecular complexity index is 1810. The number of hydrogen-bond donors (Lipinski definition) is 2. The molecule has 0 fully saturated rings. The van der Waals surface area contributed by atoms with E-state index in [0.29, 0.717) is 28.6 Å². The van der Waals surface area contributed by atoms with Crippen molar-refractivity contribution in [3.8, 4) is 45.6 Å². The van der Waals surface area contributed by atoms with E-state index in [2.05, 4.69) is 36.9 Å². The number of benzene rings is 4. The van der Waals surface area contributed by atoms with Gasteiger partial charge in [-0.15, -0.1) is 13.2 Å². The van der Waals surface area contributed by atoms with Gasteiger partial charge in [0.05, 0.1) is 18.2 Å². The van der Waals surface area contributed by atoms with Crippen molar-refractivity contribution in [2.75, 3.05) is 12.4 Å². The van der Waals surface area contributed by atoms with Gasteiger partial charge < -0.3 is 29.4 Å². The zero-order chi connectivity index (χ0) is 30.5. The Hall–Kier alpha value is -5.05. The number of aromatic hydroxyl groups is 1. The number of nitrogens with one attached hydrogen (secondary N) is 1. The lowest BCUT2D eigenvalue weighted by atomic mass is 9.83. The first kappa shape index (κ1) is 28.1. The van der Waals surface area contributed by atoms with Crippen molar-refractivity contribution in [1.29, 1.82) is 0 Å². The summed E-state index contributed by atoms with van der Waals surface area (Å²) in [5, 5.41) is 14.2. The lowest BCUT2D eigenvalue weighted by Crippen LogP contribution is -2.32. The molecule has 4 aromatic carbocycles. The molecule has 0 saturated heterocycles. The molecule has 0 aliphatic carbocycles. The summed E-state index contributed by atoms with van der Waals surface area (Å²) in [6, 6.07) is 19.7. The normalized spacial score (nSPS) is 15.7. The van der Waals surface area contributed by atoms with E-state index in [0.717, 1.165) is 33.5 Å². The number of phenolic OH excluding ortho intramolecular Hbond substituents is 1. The maximum absolute atomic E-state index is 12.7. The van der Waals surface area contributed by atoms with Gasteiger partial charge in [0, 0.05) is 28.4 Å². The highest BCUT2D eigenvalue weighted by atomic mass is 19.4. The molecule has 2 N–H and O–H groups in total. The molecule has 2 aliphatic heterocycles. The number of fused-ring (bicyclic) bond motifs is 5. The van der Waals surface area contributed by atoms with E-state index in [1.165, 1.54) is 31.4 Å². The third-order valence-corrected chi connectivity index (χ3v) is 7.10. The molecule has 2 heterocycles. The van der Waals surface area contributed by atoms with Crippen LogP contribution in [0.15, 0.2) is 78.9 Å². The van der Waals surface area contributed by atoms with Crippen molar-refractivity contribution in [2.45, 2.75) is 32.7 Å². The second-order valence-corrected chi connectivity index (χ2v) is 10.9. The number of ether oxygens (including phenoxy) is 4. The molecular formula is C34H28F3NO5. The SMILES string of the molecule is COc1c(O)ccc2c1-c1ccc3c(c1C(=Cc1cccc(Oc4cccc(OC(F)(F)F)c4)c1)O2)C(C)=CC(C)(C)N3. The topological polar surface area (TPSA) is 69.2 Å². The first-order chi connectivity index (χ1) is 20.4. The van der Waals surface area contributed by atoms with E-state index in [1.54, 1.807) is 30.3 Å². The fraction of sp³-hybridized carbons (Fsp3) is 0.176. The van der Waals surface area contributed by atoms with Gasteiger partial charge in [0.25, 0.3) is 0 Å². The predicted molar refractivity (Wildman–Crippen MR) is 160 cm³/mol. The molecule has 0 amide bonds. The monoisotopic (exact) mass is 587 g/mol. The number of alkyl halides is 3. The second-order valence-electron chi connectivity index (χ2n) is 10.9. The minimum Gasteiger partial charge on any atom is -0.504 e. The standard InChI is InChI=1S/C34H28F3NO5/c1-19-18-33(2,3)38-25-12-11-24-30(29(19)25)28(42-27-14-13-26(39)32(40-4)31(24)27)16-20-7-5-8-21(15-20)41-22-9-6-10-23(17-22)43-34(35,36)37/h5-18,38-39H,1-4H3. The fourth-order valence-corrected chi connectivity index (χ4v) is 5.64. The molecule has 6 nitrogen and oxygen atoms in total. The molecule has 43 heavy (non-hydrogen) atoms. The average molecular weight is 588 g/mol. The molecule has 4 aromatic rings. The van der Waals surface area contributed by atoms with E-state index < -0.39 is 6.36 Å². The van der Waals surface area contributed by atoms with E-state index >= 15 is 0 Å². The maximum atomic E-state index is 12.7. The Labute approximate surface area is 246 Å². The Kier molecular flexibility index (Phi) is 6.76. The fourth-order valence-electron chi connectivity index (χ4n) is 5.64. The number of anilines is 1. The molecule has 0 radical (unpaired) electrons. The van der Waals surface area contributed by atoms with Crippen molar-refractivity contribution in [2.24, 2.45) is 0 Å². The van der Waals surface area contributed by atoms with Crippen molar-refractivity contribution < 1.29 is 37.2 Å². The van der Waals surface area contributed by atoms with Crippen LogP contribution < -0.4 is 24.3 Å². The Morgan fingerprint density at radius 2 is 1.60 bits per heavy atom. The summed E-state index contributed by atoms with van der Waals surface area (Å²) < 4.78 is 60.1. The van der Waals surface area contributed by atoms with Gasteiger partial charge in [-0.05, 0) is 80.4 Å². The van der Waals surface area contributed by atoms with Crippen LogP contribution in [0.5, 0.6) is 34.5 Å². The number of halogens is 3. The van der Waals surface area contributed by atoms with Gasteiger partial charge >= 0.3 is 6.36 Å². The summed E-state index contributed by atoms with van der Waals surface area (Å²) in [4.78, 5) is 0. The molecule has 0 spiro atoms. The average Bonchev–Trinajstić information content (AvgIpc) is 2.91. The molecule has 0 aromatic heterocycles. The maximum Gasteiger partial charge on any atom is 0.573 e. The number of methoxy groups -OCH3 is 1. The van der Waals surface area contributed by atoms with Crippen molar-refractivity contribution in [3.63, 3.8) is 0 Å². The van der Waals surface area contributed by atoms with Gasteiger partial charge in [0.15, 0.2) is 11.5 Å². The largest absolute Gasteiger partial charge is 0.573 e. The summed E-state index contributed by atoms with van der Waals surface area (Å²) in [5.74, 6) is 1.64. The zero-order valence-corrected chi connectivity index (χ0v) is 23.8. The van der Waals surface area contributed by atoms with Crippen LogP contribution >= 0.6 is 0 Å². The van der Waals surface area contributed by atoms with Crippen LogP contribution in [-0.2, 0) is 0 Å². The minimum atomic E-state index is -4.81. The lowest BCUT2D eigenvalue weighted by Gasteiger charge is -2.35. The summed E-state index contributed by atoms with van der Waals surface area (Å²) in [7, 11) is 1.50. The Morgan fingerprint density at radius 1 is 0.884 bits per heavy atom. The Balaban J connectivity index is 1.44. The molecule has 0 atom stereocenters. The van der Waals surface area contributed by atoms with Crippen LogP contribution in [0.2, 0.25) is 0 Å². The molecule has 2 aliphatic rings. The van der Waals surface area contributed by atoms with E-state index in [4.69, 9.17) is 14.2 Å². The highest BCUT2D eigenvalue weighted by Gasteiger charge is 2.34. The third kappa shape index (κ3) is 5.58. The van der Waals surface area contributed by atoms with Gasteiger partial charge in [-0.25, -0.2) is 0 Å². The van der Waals surface area contributed by atoms with Gasteiger partial charge in [0.2, 0.25) is 0 Å². The number of rotatable bonds is 5. The smallest absolute Gasteiger partial charge is 0.504 e.